The van der Waals surface area contributed by atoms with Gasteiger partial charge in [0.15, 0.2) is 0 Å². The molecule has 1 N–H and O–H groups in total. The molecule has 0 aliphatic carbocycles. The van der Waals surface area contributed by atoms with E-state index in [0.29, 0.717) is 6.04 Å². The van der Waals surface area contributed by atoms with Crippen molar-refractivity contribution in [2.75, 3.05) is 6.54 Å². The highest BCUT2D eigenvalue weighted by molar-refractivity contribution is 7.13. The summed E-state index contributed by atoms with van der Waals surface area (Å²) in [6.45, 7) is 7.53. The van der Waals surface area contributed by atoms with E-state index < -0.39 is 0 Å². The van der Waals surface area contributed by atoms with Crippen LogP contribution >= 0.6 is 11.3 Å². The molecule has 0 amide bonds. The van der Waals surface area contributed by atoms with Gasteiger partial charge in [-0.1, -0.05) is 25.1 Å². The number of hydrogen-bond donors (Lipinski definition) is 1. The first-order valence-corrected chi connectivity index (χ1v) is 6.98. The van der Waals surface area contributed by atoms with E-state index in [0.717, 1.165) is 6.54 Å². The predicted molar refractivity (Wildman–Crippen MR) is 76.6 cm³/mol. The fourth-order valence-electron chi connectivity index (χ4n) is 2.04. The molecule has 1 atom stereocenters. The van der Waals surface area contributed by atoms with Crippen LogP contribution in [0.5, 0.6) is 0 Å². The zero-order valence-corrected chi connectivity index (χ0v) is 11.5. The summed E-state index contributed by atoms with van der Waals surface area (Å²) in [5.41, 5.74) is 4.06. The Morgan fingerprint density at radius 2 is 2.12 bits per heavy atom. The van der Waals surface area contributed by atoms with Gasteiger partial charge >= 0.3 is 0 Å². The predicted octanol–water partition coefficient (Wildman–Crippen LogP) is 4.39. The lowest BCUT2D eigenvalue weighted by atomic mass is 10.0. The van der Waals surface area contributed by atoms with Crippen molar-refractivity contribution < 1.29 is 0 Å². The number of rotatable bonds is 4. The Morgan fingerprint density at radius 1 is 1.29 bits per heavy atom. The number of nitrogens with one attached hydrogen (secondary N) is 1. The first kappa shape index (κ1) is 12.3. The van der Waals surface area contributed by atoms with E-state index >= 15 is 0 Å². The van der Waals surface area contributed by atoms with Gasteiger partial charge in [-0.2, -0.15) is 0 Å². The van der Waals surface area contributed by atoms with Gasteiger partial charge in [-0.3, -0.25) is 0 Å². The molecule has 0 saturated carbocycles. The molecule has 1 heterocycles. The fourth-order valence-corrected chi connectivity index (χ4v) is 2.97. The highest BCUT2D eigenvalue weighted by atomic mass is 32.1. The molecule has 2 heteroatoms. The van der Waals surface area contributed by atoms with Crippen molar-refractivity contribution in [3.8, 4) is 10.4 Å². The molecule has 1 nitrogen and oxygen atoms in total. The van der Waals surface area contributed by atoms with Gasteiger partial charge in [-0.25, -0.2) is 0 Å². The molecule has 17 heavy (non-hydrogen) atoms. The van der Waals surface area contributed by atoms with E-state index in [1.54, 1.807) is 0 Å². The van der Waals surface area contributed by atoms with Crippen molar-refractivity contribution >= 4 is 11.3 Å². The lowest BCUT2D eigenvalue weighted by Crippen LogP contribution is -2.17. The molecular weight excluding hydrogens is 226 g/mol. The first-order valence-electron chi connectivity index (χ1n) is 6.10. The minimum Gasteiger partial charge on any atom is -0.310 e. The van der Waals surface area contributed by atoms with Crippen molar-refractivity contribution in [2.45, 2.75) is 26.8 Å². The molecule has 2 aromatic rings. The summed E-state index contributed by atoms with van der Waals surface area (Å²) < 4.78 is 0. The summed E-state index contributed by atoms with van der Waals surface area (Å²) in [5, 5.41) is 5.61. The van der Waals surface area contributed by atoms with Crippen LogP contribution < -0.4 is 5.32 Å². The Hall–Kier alpha value is -1.12. The Morgan fingerprint density at radius 3 is 2.76 bits per heavy atom. The summed E-state index contributed by atoms with van der Waals surface area (Å²) >= 11 is 1.82. The van der Waals surface area contributed by atoms with Crippen molar-refractivity contribution in [3.05, 3.63) is 46.8 Å². The van der Waals surface area contributed by atoms with Gasteiger partial charge in [0.1, 0.15) is 0 Å². The van der Waals surface area contributed by atoms with E-state index in [-0.39, 0.29) is 0 Å². The molecule has 0 spiro atoms. The fraction of sp³-hybridized carbons (Fsp3) is 0.333. The van der Waals surface area contributed by atoms with Gasteiger partial charge in [0, 0.05) is 10.9 Å². The lowest BCUT2D eigenvalue weighted by molar-refractivity contribution is 0.598. The number of thiophene rings is 1. The van der Waals surface area contributed by atoms with E-state index in [1.807, 2.05) is 11.3 Å². The Balaban J connectivity index is 2.32. The molecule has 2 rings (SSSR count). The maximum absolute atomic E-state index is 3.45. The molecular formula is C15H19NS. The zero-order valence-electron chi connectivity index (χ0n) is 10.7. The summed E-state index contributed by atoms with van der Waals surface area (Å²) in [6.07, 6.45) is 0. The minimum atomic E-state index is 0.417. The van der Waals surface area contributed by atoms with Crippen LogP contribution in [-0.4, -0.2) is 6.54 Å². The van der Waals surface area contributed by atoms with Gasteiger partial charge in [-0.15, -0.1) is 11.3 Å². The van der Waals surface area contributed by atoms with Crippen molar-refractivity contribution in [3.63, 3.8) is 0 Å². The molecule has 0 radical (unpaired) electrons. The summed E-state index contributed by atoms with van der Waals surface area (Å²) in [6, 6.07) is 11.4. The second kappa shape index (κ2) is 5.48. The molecule has 0 fully saturated rings. The quantitative estimate of drug-likeness (QED) is 0.842. The van der Waals surface area contributed by atoms with E-state index in [1.165, 1.54) is 21.6 Å². The summed E-state index contributed by atoms with van der Waals surface area (Å²) in [5.74, 6) is 0. The third-order valence-corrected chi connectivity index (χ3v) is 4.09. The molecule has 1 aromatic carbocycles. The Bertz CT molecular complexity index is 487. The molecule has 90 valence electrons. The Kier molecular flexibility index (Phi) is 3.97. The Labute approximate surface area is 108 Å². The van der Waals surface area contributed by atoms with E-state index in [9.17, 15) is 0 Å². The highest BCUT2D eigenvalue weighted by Crippen LogP contribution is 2.30. The van der Waals surface area contributed by atoms with Crippen LogP contribution in [0.2, 0.25) is 0 Å². The van der Waals surface area contributed by atoms with Crippen molar-refractivity contribution in [1.29, 1.82) is 0 Å². The van der Waals surface area contributed by atoms with Crippen LogP contribution in [-0.2, 0) is 0 Å². The highest BCUT2D eigenvalue weighted by Gasteiger charge is 2.07. The van der Waals surface area contributed by atoms with Crippen LogP contribution in [0.4, 0.5) is 0 Å². The van der Waals surface area contributed by atoms with E-state index in [4.69, 9.17) is 0 Å². The SMILES string of the molecule is CCNC(C)c1cccc(-c2sccc2C)c1. The third kappa shape index (κ3) is 2.76. The third-order valence-electron chi connectivity index (χ3n) is 3.02. The lowest BCUT2D eigenvalue weighted by Gasteiger charge is -2.13. The number of benzene rings is 1. The average molecular weight is 245 g/mol. The maximum Gasteiger partial charge on any atom is 0.0371 e. The van der Waals surface area contributed by atoms with Crippen molar-refractivity contribution in [2.24, 2.45) is 0 Å². The molecule has 1 unspecified atom stereocenters. The maximum atomic E-state index is 3.45. The first-order chi connectivity index (χ1) is 8.22. The zero-order chi connectivity index (χ0) is 12.3. The minimum absolute atomic E-state index is 0.417. The second-order valence-electron chi connectivity index (χ2n) is 4.34. The van der Waals surface area contributed by atoms with Crippen LogP contribution in [0, 0.1) is 6.92 Å². The van der Waals surface area contributed by atoms with Crippen LogP contribution in [0.1, 0.15) is 31.0 Å². The van der Waals surface area contributed by atoms with Gasteiger partial charge in [0.2, 0.25) is 0 Å². The molecule has 0 aliphatic heterocycles. The number of hydrogen-bond acceptors (Lipinski definition) is 2. The molecule has 0 bridgehead atoms. The van der Waals surface area contributed by atoms with Crippen molar-refractivity contribution in [1.82, 2.24) is 5.32 Å². The van der Waals surface area contributed by atoms with Gasteiger partial charge in [-0.05, 0) is 54.6 Å². The van der Waals surface area contributed by atoms with Gasteiger partial charge in [0.05, 0.1) is 0 Å². The molecule has 0 aliphatic rings. The summed E-state index contributed by atoms with van der Waals surface area (Å²) in [4.78, 5) is 1.38. The van der Waals surface area contributed by atoms with Crippen LogP contribution in [0.25, 0.3) is 10.4 Å². The average Bonchev–Trinajstić information content (AvgIpc) is 2.76. The topological polar surface area (TPSA) is 12.0 Å². The largest absolute Gasteiger partial charge is 0.310 e. The molecule has 1 aromatic heterocycles. The second-order valence-corrected chi connectivity index (χ2v) is 5.25. The molecule has 0 saturated heterocycles. The van der Waals surface area contributed by atoms with Crippen LogP contribution in [0.15, 0.2) is 35.7 Å². The van der Waals surface area contributed by atoms with Crippen LogP contribution in [0.3, 0.4) is 0 Å². The van der Waals surface area contributed by atoms with E-state index in [2.05, 4.69) is 61.8 Å². The van der Waals surface area contributed by atoms with Gasteiger partial charge in [0.25, 0.3) is 0 Å². The van der Waals surface area contributed by atoms with Gasteiger partial charge < -0.3 is 5.32 Å². The summed E-state index contributed by atoms with van der Waals surface area (Å²) in [7, 11) is 0. The standard InChI is InChI=1S/C15H19NS/c1-4-16-12(3)13-6-5-7-14(10-13)15-11(2)8-9-17-15/h5-10,12,16H,4H2,1-3H3. The number of aryl methyl sites for hydroxylation is 1. The monoisotopic (exact) mass is 245 g/mol. The normalized spacial score (nSPS) is 12.6. The smallest absolute Gasteiger partial charge is 0.0371 e.